The van der Waals surface area contributed by atoms with Crippen molar-refractivity contribution >= 4 is 81.9 Å². The van der Waals surface area contributed by atoms with Crippen molar-refractivity contribution in [2.45, 2.75) is 141 Å². The maximum atomic E-state index is 14.6. The van der Waals surface area contributed by atoms with E-state index in [-0.39, 0.29) is 37.5 Å². The molecule has 11 amide bonds. The van der Waals surface area contributed by atoms with Crippen LogP contribution in [0.2, 0.25) is 0 Å². The highest BCUT2D eigenvalue weighted by Crippen LogP contribution is 2.19. The number of nitrogens with two attached hydrogens (primary N) is 2. The van der Waals surface area contributed by atoms with E-state index in [1.165, 1.54) is 46.8 Å². The number of carbonyl (C=O) groups is 12. The van der Waals surface area contributed by atoms with Crippen LogP contribution in [0.4, 0.5) is 0 Å². The highest BCUT2D eigenvalue weighted by molar-refractivity contribution is 8.12. The van der Waals surface area contributed by atoms with Gasteiger partial charge in [0, 0.05) is 46.2 Å². The molecule has 3 aromatic rings. The summed E-state index contributed by atoms with van der Waals surface area (Å²) in [6.45, 7) is 8.79. The molecule has 3 rings (SSSR count). The van der Waals surface area contributed by atoms with Crippen molar-refractivity contribution in [1.29, 1.82) is 0 Å². The monoisotopic (exact) mass is 1260 g/mol. The first-order valence-electron chi connectivity index (χ1n) is 29.2. The topological polar surface area (TPSA) is 403 Å². The number of rotatable bonds is 36. The first-order valence-corrected chi connectivity index (χ1v) is 30.1. The number of primary amides is 1. The lowest BCUT2D eigenvalue weighted by atomic mass is 10.00. The molecule has 0 saturated heterocycles. The first-order chi connectivity index (χ1) is 42.0. The normalized spacial score (nSPS) is 14.5. The van der Waals surface area contributed by atoms with Gasteiger partial charge in [-0.25, -0.2) is 0 Å². The Kier molecular flexibility index (Phi) is 31.6. The molecule has 3 aromatic carbocycles. The number of amides is 11. The zero-order chi connectivity index (χ0) is 66.7. The zero-order valence-corrected chi connectivity index (χ0v) is 53.0. The molecule has 0 aliphatic carbocycles. The minimum absolute atomic E-state index is 0.0484. The van der Waals surface area contributed by atoms with Gasteiger partial charge in [-0.05, 0) is 55.7 Å². The first kappa shape index (κ1) is 74.9. The summed E-state index contributed by atoms with van der Waals surface area (Å²) in [4.78, 5) is 166. The van der Waals surface area contributed by atoms with E-state index in [2.05, 4.69) is 42.5 Å². The molecule has 0 aromatic heterocycles. The van der Waals surface area contributed by atoms with Crippen molar-refractivity contribution in [1.82, 2.24) is 57.2 Å². The van der Waals surface area contributed by atoms with E-state index in [1.54, 1.807) is 105 Å². The molecule has 14 N–H and O–H groups in total. The van der Waals surface area contributed by atoms with Crippen LogP contribution in [0.15, 0.2) is 91.0 Å². The second-order valence-electron chi connectivity index (χ2n) is 22.4. The molecule has 488 valence electrons. The Morgan fingerprint density at radius 3 is 1.63 bits per heavy atom. The molecule has 0 saturated carbocycles. The Hall–Kier alpha value is -8.31. The molecule has 89 heavy (non-hydrogen) atoms. The lowest BCUT2D eigenvalue weighted by molar-refractivity contribution is -0.143. The number of thioether (sulfide) groups is 1. The predicted octanol–water partition coefficient (Wildman–Crippen LogP) is -2.07. The van der Waals surface area contributed by atoms with Gasteiger partial charge in [0.2, 0.25) is 65.0 Å². The van der Waals surface area contributed by atoms with Gasteiger partial charge in [0.15, 0.2) is 5.12 Å². The van der Waals surface area contributed by atoms with E-state index in [4.69, 9.17) is 11.5 Å². The fourth-order valence-electron chi connectivity index (χ4n) is 8.96. The summed E-state index contributed by atoms with van der Waals surface area (Å²) in [5.41, 5.74) is 12.6. The van der Waals surface area contributed by atoms with Gasteiger partial charge in [-0.2, -0.15) is 0 Å². The maximum Gasteiger partial charge on any atom is 0.246 e. The quantitative estimate of drug-likeness (QED) is 0.0278. The number of nitrogens with one attached hydrogen (secondary N) is 8. The second-order valence-corrected chi connectivity index (χ2v) is 23.4. The van der Waals surface area contributed by atoms with Crippen molar-refractivity contribution in [3.63, 3.8) is 0 Å². The van der Waals surface area contributed by atoms with E-state index in [9.17, 15) is 67.7 Å². The van der Waals surface area contributed by atoms with Crippen LogP contribution < -0.4 is 54.0 Å². The van der Waals surface area contributed by atoms with Crippen LogP contribution in [0.1, 0.15) is 78.0 Å². The third-order valence-corrected chi connectivity index (χ3v) is 15.4. The van der Waals surface area contributed by atoms with E-state index in [0.717, 1.165) is 27.1 Å². The van der Waals surface area contributed by atoms with Gasteiger partial charge in [-0.3, -0.25) is 62.9 Å². The van der Waals surface area contributed by atoms with Crippen LogP contribution >= 0.6 is 11.8 Å². The third-order valence-electron chi connectivity index (χ3n) is 14.4. The van der Waals surface area contributed by atoms with Gasteiger partial charge in [-0.1, -0.05) is 130 Å². The summed E-state index contributed by atoms with van der Waals surface area (Å²) in [7, 11) is 4.00. The van der Waals surface area contributed by atoms with E-state index in [1.807, 2.05) is 13.8 Å². The van der Waals surface area contributed by atoms with Crippen LogP contribution in [0.25, 0.3) is 0 Å². The molecule has 28 heteroatoms. The number of likely N-dealkylation sites (N-methyl/N-ethyl adjacent to an activating group) is 3. The van der Waals surface area contributed by atoms with E-state index in [0.29, 0.717) is 11.1 Å². The molecule has 0 radical (unpaired) electrons. The molecular formula is C61H89N13O14S. The number of aliphatic hydroxyl groups is 2. The molecular weight excluding hydrogens is 1170 g/mol. The van der Waals surface area contributed by atoms with Gasteiger partial charge >= 0.3 is 0 Å². The van der Waals surface area contributed by atoms with Crippen molar-refractivity contribution in [3.05, 3.63) is 108 Å². The van der Waals surface area contributed by atoms with Gasteiger partial charge in [0.1, 0.15) is 54.6 Å². The van der Waals surface area contributed by atoms with Crippen molar-refractivity contribution in [2.75, 3.05) is 47.4 Å². The summed E-state index contributed by atoms with van der Waals surface area (Å²) >= 11 is 0.880. The Labute approximate surface area is 523 Å². The van der Waals surface area contributed by atoms with Crippen LogP contribution in [0.3, 0.4) is 0 Å². The zero-order valence-electron chi connectivity index (χ0n) is 52.2. The number of aliphatic hydroxyl groups excluding tert-OH is 2. The van der Waals surface area contributed by atoms with Gasteiger partial charge < -0.3 is 73.6 Å². The summed E-state index contributed by atoms with van der Waals surface area (Å²) < 4.78 is 0. The molecule has 0 heterocycles. The van der Waals surface area contributed by atoms with Gasteiger partial charge in [0.05, 0.1) is 32.3 Å². The summed E-state index contributed by atoms with van der Waals surface area (Å²) in [5, 5.41) is 40.3. The minimum Gasteiger partial charge on any atom is -0.394 e. The number of nitrogens with zero attached hydrogens (tertiary/aromatic N) is 3. The fourth-order valence-corrected chi connectivity index (χ4v) is 9.77. The smallest absolute Gasteiger partial charge is 0.246 e. The van der Waals surface area contributed by atoms with Gasteiger partial charge in [-0.15, -0.1) is 0 Å². The molecule has 0 spiro atoms. The average molecular weight is 1260 g/mol. The second kappa shape index (κ2) is 37.5. The Morgan fingerprint density at radius 1 is 0.551 bits per heavy atom. The summed E-state index contributed by atoms with van der Waals surface area (Å²) in [6, 6.07) is 14.5. The predicted molar refractivity (Wildman–Crippen MR) is 333 cm³/mol. The maximum absolute atomic E-state index is 14.6. The van der Waals surface area contributed by atoms with Crippen molar-refractivity contribution < 1.29 is 67.7 Å². The summed E-state index contributed by atoms with van der Waals surface area (Å²) in [5.74, 6) is -9.06. The molecule has 0 aliphatic rings. The molecule has 0 bridgehead atoms. The van der Waals surface area contributed by atoms with Crippen molar-refractivity contribution in [2.24, 2.45) is 23.3 Å². The van der Waals surface area contributed by atoms with E-state index < -0.39 is 163 Å². The molecule has 27 nitrogen and oxygen atoms in total. The average Bonchev–Trinajstić information content (AvgIpc) is 3.66. The Balaban J connectivity index is 1.85. The molecule has 10 atom stereocenters. The minimum atomic E-state index is -1.63. The SMILES string of the molecule is CC(C)C[C@@H](C(=O)N[C@@H](C)C(=O)N[C@H](C(=O)N[C@@H](Cc1ccccc1)C(=O)N[C@@H](CC(=O)SCc1ccccc1)C(=O)N(C)[C@@H](C)C(=O)N[C@@H](CO)C(O)NCC(N)=O)C(C)C)N(C)C(=O)CNC(=O)[C@H](Cc1ccccc1)N(C)C(=O)[C@H](C)NC(=O)CN. The van der Waals surface area contributed by atoms with E-state index >= 15 is 0 Å². The number of hydrogen-bond acceptors (Lipinski definition) is 17. The Bertz CT molecular complexity index is 2870. The number of benzene rings is 3. The molecule has 0 aliphatic heterocycles. The summed E-state index contributed by atoms with van der Waals surface area (Å²) in [6.07, 6.45) is -2.20. The standard InChI is InChI=1S/C61H89N13O14S/c1-35(2)26-46(73(9)50(78)32-65-57(84)47(28-41-22-16-12-17-23-41)74(10)60(87)38(6)66-49(77)30-62)58(85)67-37(5)53(80)71-52(36(3)4)59(86)68-43(27-40-20-14-11-15-21-40)56(83)69-44(29-51(79)89-34-42-24-18-13-19-25-42)61(88)72(8)39(7)54(81)70-45(33-75)55(82)64-31-48(63)76/h11-25,35-39,43-47,52,55,64,75,82H,26-34,62H2,1-10H3,(H2,63,76)(H,65,84)(H,66,77)(H,67,85)(H,68,86)(H,69,83)(H,70,81)(H,71,80)/t37-,38-,39-,43-,44-,45-,46-,47-,52-,55?/m0/s1. The third kappa shape index (κ3) is 25.0. The molecule has 1 unspecified atom stereocenters. The van der Waals surface area contributed by atoms with Crippen LogP contribution in [-0.2, 0) is 76.1 Å². The fraction of sp³-hybridized carbons (Fsp3) is 0.508. The van der Waals surface area contributed by atoms with Crippen LogP contribution in [-0.4, -0.2) is 203 Å². The number of carbonyl (C=O) groups excluding carboxylic acids is 12. The lowest BCUT2D eigenvalue weighted by Crippen LogP contribution is -2.61. The van der Waals surface area contributed by atoms with Crippen LogP contribution in [0, 0.1) is 11.8 Å². The highest BCUT2D eigenvalue weighted by atomic mass is 32.2. The Morgan fingerprint density at radius 2 is 1.10 bits per heavy atom. The van der Waals surface area contributed by atoms with Crippen LogP contribution in [0.5, 0.6) is 0 Å². The largest absolute Gasteiger partial charge is 0.394 e. The number of hydrogen-bond donors (Lipinski definition) is 12. The highest BCUT2D eigenvalue weighted by Gasteiger charge is 2.38. The lowest BCUT2D eigenvalue weighted by Gasteiger charge is -2.32. The molecule has 0 fully saturated rings. The van der Waals surface area contributed by atoms with Crippen molar-refractivity contribution in [3.8, 4) is 0 Å². The van der Waals surface area contributed by atoms with Gasteiger partial charge in [0.25, 0.3) is 0 Å².